The van der Waals surface area contributed by atoms with Crippen molar-refractivity contribution in [2.45, 2.75) is 38.1 Å². The SMILES string of the molecule is C=Cc1[nH]c2cccc3c2c1C[C@@H]1C3C[C@@H](CC(N)=O)CN1CC. The molecule has 1 amide bonds. The Hall–Kier alpha value is -2.07. The number of nitrogens with zero attached hydrogens (tertiary/aromatic N) is 1. The number of nitrogens with one attached hydrogen (secondary N) is 1. The van der Waals surface area contributed by atoms with E-state index in [9.17, 15) is 4.79 Å². The third-order valence-corrected chi connectivity index (χ3v) is 5.92. The number of primary amides is 1. The molecule has 0 saturated carbocycles. The molecule has 1 aliphatic heterocycles. The van der Waals surface area contributed by atoms with Gasteiger partial charge in [-0.05, 0) is 48.6 Å². The molecule has 4 rings (SSSR count). The molecule has 4 nitrogen and oxygen atoms in total. The molecule has 1 aliphatic carbocycles. The molecule has 2 aliphatic rings. The summed E-state index contributed by atoms with van der Waals surface area (Å²) in [6.45, 7) is 8.18. The highest BCUT2D eigenvalue weighted by Crippen LogP contribution is 2.46. The Kier molecular flexibility index (Phi) is 3.72. The average Bonchev–Trinajstić information content (AvgIpc) is 2.93. The van der Waals surface area contributed by atoms with Crippen LogP contribution in [-0.2, 0) is 11.2 Å². The quantitative estimate of drug-likeness (QED) is 0.908. The Bertz CT molecular complexity index is 807. The normalized spacial score (nSPS) is 26.3. The minimum Gasteiger partial charge on any atom is -0.370 e. The molecule has 0 bridgehead atoms. The van der Waals surface area contributed by atoms with Crippen LogP contribution in [0, 0.1) is 5.92 Å². The summed E-state index contributed by atoms with van der Waals surface area (Å²) in [4.78, 5) is 17.5. The van der Waals surface area contributed by atoms with Gasteiger partial charge in [-0.3, -0.25) is 9.69 Å². The fourth-order valence-electron chi connectivity index (χ4n) is 4.98. The fourth-order valence-corrected chi connectivity index (χ4v) is 4.98. The summed E-state index contributed by atoms with van der Waals surface area (Å²) in [6, 6.07) is 7.06. The van der Waals surface area contributed by atoms with Gasteiger partial charge in [-0.1, -0.05) is 25.6 Å². The van der Waals surface area contributed by atoms with E-state index in [2.05, 4.69) is 41.6 Å². The zero-order valence-corrected chi connectivity index (χ0v) is 14.2. The van der Waals surface area contributed by atoms with Gasteiger partial charge in [-0.15, -0.1) is 0 Å². The fraction of sp³-hybridized carbons (Fsp3) is 0.450. The van der Waals surface area contributed by atoms with E-state index in [-0.39, 0.29) is 5.91 Å². The number of hydrogen-bond donors (Lipinski definition) is 2. The number of piperidine rings is 1. The molecule has 0 spiro atoms. The first kappa shape index (κ1) is 15.5. The van der Waals surface area contributed by atoms with E-state index in [0.29, 0.717) is 24.3 Å². The molecule has 1 saturated heterocycles. The van der Waals surface area contributed by atoms with Crippen molar-refractivity contribution < 1.29 is 4.79 Å². The van der Waals surface area contributed by atoms with E-state index in [1.807, 2.05) is 6.08 Å². The minimum atomic E-state index is -0.181. The van der Waals surface area contributed by atoms with Crippen LogP contribution in [-0.4, -0.2) is 34.9 Å². The number of likely N-dealkylation sites (tertiary alicyclic amines) is 1. The van der Waals surface area contributed by atoms with Crippen molar-refractivity contribution in [1.82, 2.24) is 9.88 Å². The molecular formula is C20H25N3O. The van der Waals surface area contributed by atoms with Gasteiger partial charge in [0.05, 0.1) is 0 Å². The molecule has 126 valence electrons. The molecule has 2 heterocycles. The van der Waals surface area contributed by atoms with Crippen LogP contribution in [0.25, 0.3) is 17.0 Å². The van der Waals surface area contributed by atoms with Gasteiger partial charge in [0, 0.05) is 41.5 Å². The standard InChI is InChI=1S/C20H25N3O/c1-3-16-15-10-18-14(13-6-5-7-17(22-16)20(13)15)8-12(9-19(21)24)11-23(18)4-2/h3,5-7,12,14,18,22H,1,4,8-11H2,2H3,(H2,21,24)/t12-,14?,18+/m0/s1. The zero-order chi connectivity index (χ0) is 16.8. The number of benzene rings is 1. The molecule has 1 unspecified atom stereocenters. The Labute approximate surface area is 142 Å². The lowest BCUT2D eigenvalue weighted by atomic mass is 9.71. The van der Waals surface area contributed by atoms with E-state index >= 15 is 0 Å². The van der Waals surface area contributed by atoms with Crippen LogP contribution < -0.4 is 5.73 Å². The van der Waals surface area contributed by atoms with E-state index in [1.165, 1.54) is 22.0 Å². The predicted molar refractivity (Wildman–Crippen MR) is 97.8 cm³/mol. The van der Waals surface area contributed by atoms with Gasteiger partial charge in [-0.2, -0.15) is 0 Å². The predicted octanol–water partition coefficient (Wildman–Crippen LogP) is 3.04. The summed E-state index contributed by atoms with van der Waals surface area (Å²) in [5, 5.41) is 1.38. The third kappa shape index (κ3) is 2.28. The maximum Gasteiger partial charge on any atom is 0.217 e. The molecule has 24 heavy (non-hydrogen) atoms. The third-order valence-electron chi connectivity index (χ3n) is 5.92. The summed E-state index contributed by atoms with van der Waals surface area (Å²) in [5.41, 5.74) is 10.7. The number of aromatic amines is 1. The minimum absolute atomic E-state index is 0.181. The monoisotopic (exact) mass is 323 g/mol. The average molecular weight is 323 g/mol. The van der Waals surface area contributed by atoms with Crippen molar-refractivity contribution in [3.8, 4) is 0 Å². The summed E-state index contributed by atoms with van der Waals surface area (Å²) in [5.74, 6) is 0.658. The van der Waals surface area contributed by atoms with Gasteiger partial charge in [0.25, 0.3) is 0 Å². The van der Waals surface area contributed by atoms with Gasteiger partial charge in [0.2, 0.25) is 5.91 Å². The van der Waals surface area contributed by atoms with Crippen molar-refractivity contribution in [1.29, 1.82) is 0 Å². The first-order valence-corrected chi connectivity index (χ1v) is 8.90. The Morgan fingerprint density at radius 3 is 3.04 bits per heavy atom. The maximum atomic E-state index is 11.4. The lowest BCUT2D eigenvalue weighted by Crippen LogP contribution is -2.50. The van der Waals surface area contributed by atoms with Gasteiger partial charge < -0.3 is 10.7 Å². The van der Waals surface area contributed by atoms with Gasteiger partial charge in [0.15, 0.2) is 0 Å². The lowest BCUT2D eigenvalue weighted by molar-refractivity contribution is -0.119. The zero-order valence-electron chi connectivity index (χ0n) is 14.2. The number of hydrogen-bond acceptors (Lipinski definition) is 2. The largest absolute Gasteiger partial charge is 0.370 e. The number of amides is 1. The van der Waals surface area contributed by atoms with Crippen molar-refractivity contribution in [3.05, 3.63) is 41.6 Å². The molecule has 3 N–H and O–H groups in total. The van der Waals surface area contributed by atoms with Crippen LogP contribution in [0.4, 0.5) is 0 Å². The second-order valence-corrected chi connectivity index (χ2v) is 7.23. The van der Waals surface area contributed by atoms with Gasteiger partial charge in [-0.25, -0.2) is 0 Å². The number of likely N-dealkylation sites (N-methyl/N-ethyl adjacent to an activating group) is 1. The molecule has 3 atom stereocenters. The van der Waals surface area contributed by atoms with Crippen LogP contribution in [0.5, 0.6) is 0 Å². The first-order valence-electron chi connectivity index (χ1n) is 8.90. The van der Waals surface area contributed by atoms with E-state index in [1.54, 1.807) is 0 Å². The number of fused-ring (bicyclic) bond motifs is 2. The van der Waals surface area contributed by atoms with Crippen LogP contribution >= 0.6 is 0 Å². The highest BCUT2D eigenvalue weighted by Gasteiger charge is 2.41. The molecule has 1 aromatic carbocycles. The smallest absolute Gasteiger partial charge is 0.217 e. The highest BCUT2D eigenvalue weighted by molar-refractivity contribution is 5.91. The van der Waals surface area contributed by atoms with Gasteiger partial charge >= 0.3 is 0 Å². The van der Waals surface area contributed by atoms with E-state index in [4.69, 9.17) is 5.73 Å². The lowest BCUT2D eigenvalue weighted by Gasteiger charge is -2.47. The highest BCUT2D eigenvalue weighted by atomic mass is 16.1. The van der Waals surface area contributed by atoms with Crippen LogP contribution in [0.15, 0.2) is 24.8 Å². The summed E-state index contributed by atoms with van der Waals surface area (Å²) < 4.78 is 0. The van der Waals surface area contributed by atoms with Crippen molar-refractivity contribution >= 4 is 22.9 Å². The Morgan fingerprint density at radius 2 is 2.33 bits per heavy atom. The number of nitrogens with two attached hydrogens (primary N) is 1. The molecule has 1 fully saturated rings. The van der Waals surface area contributed by atoms with Crippen molar-refractivity contribution in [2.24, 2.45) is 11.7 Å². The second kappa shape index (κ2) is 5.78. The summed E-state index contributed by atoms with van der Waals surface area (Å²) in [6.07, 6.45) is 4.54. The molecular weight excluding hydrogens is 298 g/mol. The molecule has 0 radical (unpaired) electrons. The molecule has 2 aromatic rings. The van der Waals surface area contributed by atoms with E-state index < -0.39 is 0 Å². The maximum absolute atomic E-state index is 11.4. The van der Waals surface area contributed by atoms with Gasteiger partial charge in [0.1, 0.15) is 0 Å². The number of H-pyrrole nitrogens is 1. The van der Waals surface area contributed by atoms with Crippen LogP contribution in [0.2, 0.25) is 0 Å². The van der Waals surface area contributed by atoms with E-state index in [0.717, 1.165) is 31.6 Å². The number of rotatable bonds is 4. The van der Waals surface area contributed by atoms with Crippen molar-refractivity contribution in [2.75, 3.05) is 13.1 Å². The molecule has 1 aromatic heterocycles. The molecule has 4 heteroatoms. The Balaban J connectivity index is 1.81. The van der Waals surface area contributed by atoms with Crippen molar-refractivity contribution in [3.63, 3.8) is 0 Å². The second-order valence-electron chi connectivity index (χ2n) is 7.23. The van der Waals surface area contributed by atoms with Crippen LogP contribution in [0.1, 0.15) is 42.5 Å². The topological polar surface area (TPSA) is 62.1 Å². The first-order chi connectivity index (χ1) is 11.6. The number of aromatic nitrogens is 1. The van der Waals surface area contributed by atoms with Crippen LogP contribution in [0.3, 0.4) is 0 Å². The number of carbonyl (C=O) groups is 1. The summed E-state index contributed by atoms with van der Waals surface area (Å²) >= 11 is 0. The Morgan fingerprint density at radius 1 is 1.50 bits per heavy atom. The number of carbonyl (C=O) groups excluding carboxylic acids is 1. The summed E-state index contributed by atoms with van der Waals surface area (Å²) in [7, 11) is 0.